The summed E-state index contributed by atoms with van der Waals surface area (Å²) in [5, 5.41) is 9.63. The van der Waals surface area contributed by atoms with Crippen LogP contribution in [-0.4, -0.2) is 42.8 Å². The zero-order valence-electron chi connectivity index (χ0n) is 8.79. The molecule has 4 heteroatoms. The van der Waals surface area contributed by atoms with Gasteiger partial charge < -0.3 is 14.7 Å². The van der Waals surface area contributed by atoms with Crippen molar-refractivity contribution in [3.05, 3.63) is 11.8 Å². The first-order valence-electron chi connectivity index (χ1n) is 3.98. The molecule has 0 rings (SSSR count). The SMILES string of the molecule is COC(=O)/C(=C/N(C)C)C(C)(C)O. The van der Waals surface area contributed by atoms with Crippen LogP contribution in [0.15, 0.2) is 11.8 Å². The van der Waals surface area contributed by atoms with Crippen molar-refractivity contribution in [1.82, 2.24) is 4.90 Å². The highest BCUT2D eigenvalue weighted by Gasteiger charge is 2.26. The van der Waals surface area contributed by atoms with E-state index >= 15 is 0 Å². The van der Waals surface area contributed by atoms with Gasteiger partial charge in [0, 0.05) is 20.3 Å². The smallest absolute Gasteiger partial charge is 0.338 e. The molecule has 0 aliphatic carbocycles. The van der Waals surface area contributed by atoms with Crippen LogP contribution < -0.4 is 0 Å². The Morgan fingerprint density at radius 1 is 1.46 bits per heavy atom. The molecule has 0 atom stereocenters. The van der Waals surface area contributed by atoms with E-state index in [1.165, 1.54) is 7.11 Å². The van der Waals surface area contributed by atoms with E-state index in [4.69, 9.17) is 0 Å². The third kappa shape index (κ3) is 3.94. The minimum absolute atomic E-state index is 0.236. The molecule has 0 aromatic carbocycles. The molecule has 0 saturated carbocycles. The Hall–Kier alpha value is -1.03. The third-order valence-corrected chi connectivity index (χ3v) is 1.45. The summed E-state index contributed by atoms with van der Waals surface area (Å²) in [4.78, 5) is 12.9. The molecule has 0 aliphatic rings. The van der Waals surface area contributed by atoms with Gasteiger partial charge in [-0.25, -0.2) is 4.79 Å². The van der Waals surface area contributed by atoms with Gasteiger partial charge in [0.2, 0.25) is 0 Å². The minimum Gasteiger partial charge on any atom is -0.466 e. The second-order valence-corrected chi connectivity index (χ2v) is 3.56. The van der Waals surface area contributed by atoms with Gasteiger partial charge in [-0.3, -0.25) is 0 Å². The minimum atomic E-state index is -1.18. The quantitative estimate of drug-likeness (QED) is 0.512. The van der Waals surface area contributed by atoms with E-state index in [0.29, 0.717) is 0 Å². The van der Waals surface area contributed by atoms with E-state index in [0.717, 1.165) is 0 Å². The van der Waals surface area contributed by atoms with Crippen molar-refractivity contribution in [2.24, 2.45) is 0 Å². The van der Waals surface area contributed by atoms with Gasteiger partial charge in [0.1, 0.15) is 0 Å². The average molecular weight is 187 g/mol. The summed E-state index contributed by atoms with van der Waals surface area (Å²) in [5.74, 6) is -0.513. The Morgan fingerprint density at radius 3 is 2.15 bits per heavy atom. The van der Waals surface area contributed by atoms with Crippen LogP contribution in [0.4, 0.5) is 0 Å². The van der Waals surface area contributed by atoms with Crippen molar-refractivity contribution in [3.8, 4) is 0 Å². The van der Waals surface area contributed by atoms with Crippen molar-refractivity contribution >= 4 is 5.97 Å². The van der Waals surface area contributed by atoms with Gasteiger partial charge in [0.15, 0.2) is 0 Å². The van der Waals surface area contributed by atoms with Crippen molar-refractivity contribution in [2.75, 3.05) is 21.2 Å². The number of methoxy groups -OCH3 is 1. The second kappa shape index (κ2) is 4.28. The molecule has 0 unspecified atom stereocenters. The summed E-state index contributed by atoms with van der Waals surface area (Å²) >= 11 is 0. The molecule has 1 N–H and O–H groups in total. The molecule has 0 amide bonds. The number of rotatable bonds is 3. The van der Waals surface area contributed by atoms with Crippen LogP contribution in [0.5, 0.6) is 0 Å². The standard InChI is InChI=1S/C9H17NO3/c1-9(2,12)7(6-10(3)4)8(11)13-5/h6,12H,1-5H3/b7-6-. The molecule has 0 bridgehead atoms. The molecule has 4 nitrogen and oxygen atoms in total. The maximum absolute atomic E-state index is 11.2. The van der Waals surface area contributed by atoms with Gasteiger partial charge in [-0.15, -0.1) is 0 Å². The zero-order valence-corrected chi connectivity index (χ0v) is 8.79. The van der Waals surface area contributed by atoms with Crippen LogP contribution in [0, 0.1) is 0 Å². The van der Waals surface area contributed by atoms with E-state index in [2.05, 4.69) is 4.74 Å². The fraction of sp³-hybridized carbons (Fsp3) is 0.667. The first-order chi connectivity index (χ1) is 5.79. The molecule has 0 aliphatic heterocycles. The topological polar surface area (TPSA) is 49.8 Å². The van der Waals surface area contributed by atoms with E-state index in [1.807, 2.05) is 0 Å². The van der Waals surface area contributed by atoms with Crippen LogP contribution in [0.1, 0.15) is 13.8 Å². The lowest BCUT2D eigenvalue weighted by atomic mass is 9.99. The molecule has 0 spiro atoms. The molecule has 13 heavy (non-hydrogen) atoms. The molecular formula is C9H17NO3. The van der Waals surface area contributed by atoms with Crippen molar-refractivity contribution < 1.29 is 14.6 Å². The Balaban J connectivity index is 4.88. The molecule has 0 heterocycles. The van der Waals surface area contributed by atoms with Gasteiger partial charge >= 0.3 is 5.97 Å². The normalized spacial score (nSPS) is 12.6. The molecule has 0 saturated heterocycles. The fourth-order valence-electron chi connectivity index (χ4n) is 0.829. The number of carbonyl (C=O) groups is 1. The maximum atomic E-state index is 11.2. The number of nitrogens with zero attached hydrogens (tertiary/aromatic N) is 1. The molecule has 0 aromatic heterocycles. The van der Waals surface area contributed by atoms with Gasteiger partial charge in [0.25, 0.3) is 0 Å². The highest BCUT2D eigenvalue weighted by molar-refractivity contribution is 5.90. The maximum Gasteiger partial charge on any atom is 0.338 e. The van der Waals surface area contributed by atoms with Crippen molar-refractivity contribution in [3.63, 3.8) is 0 Å². The summed E-state index contributed by atoms with van der Waals surface area (Å²) in [6.45, 7) is 3.08. The Bertz CT molecular complexity index is 213. The Kier molecular flexibility index (Phi) is 3.94. The first-order valence-corrected chi connectivity index (χ1v) is 3.98. The van der Waals surface area contributed by atoms with Gasteiger partial charge in [0.05, 0.1) is 18.3 Å². The fourth-order valence-corrected chi connectivity index (χ4v) is 0.829. The summed E-state index contributed by atoms with van der Waals surface area (Å²) < 4.78 is 4.55. The largest absolute Gasteiger partial charge is 0.466 e. The van der Waals surface area contributed by atoms with Gasteiger partial charge in [-0.05, 0) is 13.8 Å². The molecular weight excluding hydrogens is 170 g/mol. The summed E-state index contributed by atoms with van der Waals surface area (Å²) in [7, 11) is 4.83. The third-order valence-electron chi connectivity index (χ3n) is 1.45. The van der Waals surface area contributed by atoms with Crippen molar-refractivity contribution in [1.29, 1.82) is 0 Å². The monoisotopic (exact) mass is 187 g/mol. The van der Waals surface area contributed by atoms with Crippen LogP contribution in [0.2, 0.25) is 0 Å². The lowest BCUT2D eigenvalue weighted by Crippen LogP contribution is -2.30. The number of hydrogen-bond acceptors (Lipinski definition) is 4. The number of hydrogen-bond donors (Lipinski definition) is 1. The number of esters is 1. The van der Waals surface area contributed by atoms with E-state index in [1.54, 1.807) is 39.0 Å². The molecule has 0 aromatic rings. The highest BCUT2D eigenvalue weighted by Crippen LogP contribution is 2.16. The van der Waals surface area contributed by atoms with E-state index in [9.17, 15) is 9.90 Å². The number of ether oxygens (including phenoxy) is 1. The highest BCUT2D eigenvalue weighted by atomic mass is 16.5. The lowest BCUT2D eigenvalue weighted by molar-refractivity contribution is -0.138. The second-order valence-electron chi connectivity index (χ2n) is 3.56. The predicted octanol–water partition coefficient (Wildman–Crippen LogP) is 0.376. The number of carbonyl (C=O) groups excluding carboxylic acids is 1. The lowest BCUT2D eigenvalue weighted by Gasteiger charge is -2.21. The summed E-state index contributed by atoms with van der Waals surface area (Å²) in [6, 6.07) is 0. The van der Waals surface area contributed by atoms with E-state index < -0.39 is 11.6 Å². The van der Waals surface area contributed by atoms with E-state index in [-0.39, 0.29) is 5.57 Å². The predicted molar refractivity (Wildman–Crippen MR) is 50.1 cm³/mol. The first kappa shape index (κ1) is 12.0. The Labute approximate surface area is 78.8 Å². The molecule has 76 valence electrons. The van der Waals surface area contributed by atoms with Crippen LogP contribution in [0.25, 0.3) is 0 Å². The average Bonchev–Trinajstić information content (AvgIpc) is 1.96. The van der Waals surface area contributed by atoms with Crippen LogP contribution in [0.3, 0.4) is 0 Å². The van der Waals surface area contributed by atoms with Gasteiger partial charge in [-0.2, -0.15) is 0 Å². The van der Waals surface area contributed by atoms with Crippen molar-refractivity contribution in [2.45, 2.75) is 19.4 Å². The van der Waals surface area contributed by atoms with Crippen LogP contribution >= 0.6 is 0 Å². The zero-order chi connectivity index (χ0) is 10.6. The molecule has 0 fully saturated rings. The number of aliphatic hydroxyl groups is 1. The Morgan fingerprint density at radius 2 is 1.92 bits per heavy atom. The summed E-state index contributed by atoms with van der Waals surface area (Å²) in [5.41, 5.74) is -0.947. The molecule has 0 radical (unpaired) electrons. The summed E-state index contributed by atoms with van der Waals surface area (Å²) in [6.07, 6.45) is 1.55. The van der Waals surface area contributed by atoms with Crippen LogP contribution in [-0.2, 0) is 9.53 Å². The van der Waals surface area contributed by atoms with Gasteiger partial charge in [-0.1, -0.05) is 0 Å².